The van der Waals surface area contributed by atoms with Crippen LogP contribution in [0.25, 0.3) is 0 Å². The van der Waals surface area contributed by atoms with E-state index in [0.29, 0.717) is 18.0 Å². The molecule has 14 amide bonds. The van der Waals surface area contributed by atoms with Crippen molar-refractivity contribution in [2.24, 2.45) is 79.5 Å². The van der Waals surface area contributed by atoms with E-state index >= 15 is 0 Å². The Hall–Kier alpha value is -13.8. The van der Waals surface area contributed by atoms with Gasteiger partial charge in [0.1, 0.15) is 28.2 Å². The molecule has 0 saturated carbocycles. The number of hydrogen-bond donors (Lipinski definition) is 10. The topological polar surface area (TPSA) is 552 Å². The molecule has 9 aliphatic rings. The Morgan fingerprint density at radius 1 is 0.473 bits per heavy atom. The number of alkyl carbamates (subject to hydrolysis) is 4. The van der Waals surface area contributed by atoms with Crippen molar-refractivity contribution in [1.82, 2.24) is 46.2 Å². The molecule has 131 heavy (non-hydrogen) atoms. The van der Waals surface area contributed by atoms with Crippen LogP contribution < -0.4 is 58.8 Å². The average molecular weight is 1830 g/mol. The number of aliphatic imine (C=N–C) groups is 3. The van der Waals surface area contributed by atoms with Crippen molar-refractivity contribution in [3.8, 4) is 12.0 Å². The number of rotatable bonds is 22. The van der Waals surface area contributed by atoms with Gasteiger partial charge in [-0.1, -0.05) is 91.6 Å². The van der Waals surface area contributed by atoms with Crippen molar-refractivity contribution in [3.05, 3.63) is 162 Å². The first-order valence-electron chi connectivity index (χ1n) is 42.1. The average Bonchev–Trinajstić information content (AvgIpc) is 1.58. The zero-order chi connectivity index (χ0) is 98.9. The molecule has 13 N–H and O–H groups in total. The van der Waals surface area contributed by atoms with Gasteiger partial charge in [0, 0.05) is 25.3 Å². The van der Waals surface area contributed by atoms with Crippen LogP contribution in [-0.4, -0.2) is 258 Å². The van der Waals surface area contributed by atoms with E-state index in [9.17, 15) is 66.7 Å². The van der Waals surface area contributed by atoms with Crippen LogP contribution in [0.5, 0.6) is 5.75 Å². The van der Waals surface area contributed by atoms with Crippen molar-refractivity contribution in [2.45, 2.75) is 161 Å². The number of guanidine groups is 4. The number of fused-ring (bicyclic) bond motifs is 8. The maximum Gasteiger partial charge on any atom is 0.414 e. The molecule has 712 valence electrons. The van der Waals surface area contributed by atoms with E-state index in [1.165, 1.54) is 35.5 Å². The van der Waals surface area contributed by atoms with Gasteiger partial charge in [-0.25, -0.2) is 24.0 Å². The number of likely N-dealkylation sites (tertiary alicyclic amines) is 4. The van der Waals surface area contributed by atoms with Crippen molar-refractivity contribution >= 4 is 107 Å². The predicted octanol–water partition coefficient (Wildman–Crippen LogP) is 4.71. The lowest BCUT2D eigenvalue weighted by molar-refractivity contribution is -0.458. The van der Waals surface area contributed by atoms with Crippen LogP contribution in [0.4, 0.5) is 34.1 Å². The molecule has 11 rings (SSSR count). The highest BCUT2D eigenvalue weighted by atomic mass is 19.1. The van der Waals surface area contributed by atoms with Crippen LogP contribution in [0.1, 0.15) is 91.4 Å². The van der Waals surface area contributed by atoms with Crippen LogP contribution in [-0.2, 0) is 81.0 Å². The van der Waals surface area contributed by atoms with E-state index in [0.717, 1.165) is 21.3 Å². The van der Waals surface area contributed by atoms with E-state index in [2.05, 4.69) is 107 Å². The third-order valence-corrected chi connectivity index (χ3v) is 19.3. The maximum absolute atomic E-state index is 12.9. The monoisotopic (exact) mass is 1830 g/mol. The molecule has 9 heterocycles. The molecule has 0 radical (unpaired) electrons. The van der Waals surface area contributed by atoms with Gasteiger partial charge in [0.15, 0.2) is 5.96 Å². The summed E-state index contributed by atoms with van der Waals surface area (Å²) in [5.41, 5.74) is 13.8. The molecule has 2 aromatic carbocycles. The predicted molar refractivity (Wildman–Crippen MR) is 478 cm³/mol. The third kappa shape index (κ3) is 31.3. The lowest BCUT2D eigenvalue weighted by Gasteiger charge is -2.22. The summed E-state index contributed by atoms with van der Waals surface area (Å²) in [5.74, 6) is -6.98. The number of ether oxygens (including phenoxy) is 10. The molecular weight excluding hydrogens is 1710 g/mol. The molecule has 9 aliphatic heterocycles. The number of alkyl halides is 1. The summed E-state index contributed by atoms with van der Waals surface area (Å²) in [6.45, 7) is 48.7. The van der Waals surface area contributed by atoms with Gasteiger partial charge in [-0.05, 0) is 114 Å². The molecule has 0 aliphatic carbocycles. The molecule has 42 heteroatoms. The highest BCUT2D eigenvalue weighted by Gasteiger charge is 2.63. The first kappa shape index (κ1) is 106. The van der Waals surface area contributed by atoms with Crippen LogP contribution in [0.2, 0.25) is 0 Å². The molecule has 16 atom stereocenters. The Morgan fingerprint density at radius 2 is 0.763 bits per heavy atom. The van der Waals surface area contributed by atoms with Gasteiger partial charge in [-0.15, -0.1) is 44.7 Å². The fraction of sp³-hybridized carbons (Fsp3) is 0.483. The summed E-state index contributed by atoms with van der Waals surface area (Å²) < 4.78 is 67.9. The number of imide groups is 4. The quantitative estimate of drug-likeness (QED) is 0.0145. The number of amides is 14. The van der Waals surface area contributed by atoms with Crippen molar-refractivity contribution in [2.75, 3.05) is 71.4 Å². The number of nitrogens with two attached hydrogens (primary N) is 3. The van der Waals surface area contributed by atoms with Crippen LogP contribution in [0.15, 0.2) is 177 Å². The normalized spacial score (nSPS) is 24.3. The van der Waals surface area contributed by atoms with Gasteiger partial charge in [0.05, 0.1) is 150 Å². The van der Waals surface area contributed by atoms with Crippen molar-refractivity contribution in [3.63, 3.8) is 0 Å². The van der Waals surface area contributed by atoms with Gasteiger partial charge in [0.25, 0.3) is 6.26 Å². The van der Waals surface area contributed by atoms with E-state index in [4.69, 9.17) is 61.7 Å². The molecule has 2 bridgehead atoms. The summed E-state index contributed by atoms with van der Waals surface area (Å²) in [4.78, 5) is 181. The molecular formula is C89H122FN18O23+. The van der Waals surface area contributed by atoms with Gasteiger partial charge in [-0.3, -0.25) is 120 Å². The van der Waals surface area contributed by atoms with Crippen molar-refractivity contribution in [1.29, 1.82) is 5.26 Å². The van der Waals surface area contributed by atoms with E-state index in [1.807, 2.05) is 43.3 Å². The number of nitriles is 1. The highest BCUT2D eigenvalue weighted by molar-refractivity contribution is 6.10. The number of halogens is 1. The molecule has 8 saturated heterocycles. The second-order valence-corrected chi connectivity index (χ2v) is 33.3. The Bertz CT molecular complexity index is 4520. The van der Waals surface area contributed by atoms with E-state index in [-0.39, 0.29) is 129 Å². The largest absolute Gasteiger partial charge is 0.502 e. The van der Waals surface area contributed by atoms with Gasteiger partial charge >= 0.3 is 36.4 Å². The van der Waals surface area contributed by atoms with E-state index < -0.39 is 144 Å². The number of benzene rings is 2. The number of nitrogens with zero attached hydrogens (tertiary/aromatic N) is 8. The van der Waals surface area contributed by atoms with Gasteiger partial charge < -0.3 is 58.4 Å². The molecule has 0 aromatic heterocycles. The van der Waals surface area contributed by atoms with Gasteiger partial charge in [-0.2, -0.15) is 0 Å². The number of para-hydroxylation sites is 2. The standard InChI is InChI=1S/C23H34N4O7.C21H30N4O7.C20H23N5O4.C13H18N4O3.C7H5NO.C4H8O.CH3F/c1-9-13-15-16(14(10-2)32-13)18(29)27(17(15)28)12-11-24-19(25-20(30)33-22(3,4)5)26-21(31)34-23(6,7)8;1-20(2,3)31-18(28)23-17(24-19(29)32-21(4,5)6)22-9-10-25-15(26)13-11-7-8-12(30-11)14(13)16(25)27;1-3-13-15-16(14(4-2)29-13)18(27)25(17(15)26)11-10-22-19(21)24-20(28)23-12-8-6-5-7-9-12;1-3-7-9-10(8(4-2)20-7)12(19)17(11(9)18)6-5-16-13(14)15;8-6-9-7-4-2-1-3-5-7;1-3-5-4-2;1-2/h9-10,13-16H,1-2,11-12H2,3-8H3,(H2,24,25,26,30,31);7-8,11-14H,9-10H2,1-6H3,(H2,22,23,24,28,29);3-9,13-16H,1-2,10-11H2,(H4,21,22,23,24,28);3-4,7-10H,1-2,5-6H2,(H4,14,15,16);1-5H;3H,1,4H2,2H3;1H3/p+1/i;;;;;;1D. The first-order chi connectivity index (χ1) is 62.1. The summed E-state index contributed by atoms with van der Waals surface area (Å²) in [6, 6.07) is 17.2. The van der Waals surface area contributed by atoms with Crippen molar-refractivity contribution < 1.29 is 120 Å². The summed E-state index contributed by atoms with van der Waals surface area (Å²) >= 11 is 0. The number of carbonyl (C=O) groups is 13. The number of hydrogen-bond acceptors (Lipinski definition) is 27. The Morgan fingerprint density at radius 3 is 1.03 bits per heavy atom. The first-order valence-corrected chi connectivity index (χ1v) is 41.4. The Balaban J connectivity index is 0.000000296. The smallest absolute Gasteiger partial charge is 0.414 e. The summed E-state index contributed by atoms with van der Waals surface area (Å²) in [7, 11) is -1.00. The number of nitrogens with one attached hydrogen (secondary N) is 7. The number of urea groups is 1. The summed E-state index contributed by atoms with van der Waals surface area (Å²) in [6.07, 6.45) is 8.60. The van der Waals surface area contributed by atoms with Crippen LogP contribution in [0, 0.1) is 58.9 Å². The minimum absolute atomic E-state index is 0.000393. The van der Waals surface area contributed by atoms with Crippen LogP contribution in [0.3, 0.4) is 0 Å². The molecule has 2 aromatic rings. The zero-order valence-electron chi connectivity index (χ0n) is 76.8. The van der Waals surface area contributed by atoms with Crippen LogP contribution >= 0.6 is 0 Å². The molecule has 16 unspecified atom stereocenters. The fourth-order valence-electron chi connectivity index (χ4n) is 14.3. The minimum atomic E-state index is -1.00. The third-order valence-electron chi connectivity index (χ3n) is 19.3. The second-order valence-electron chi connectivity index (χ2n) is 33.3. The zero-order valence-corrected chi connectivity index (χ0v) is 75.8. The SMILES string of the molecule is C=CC1OC(C=C)C2C(=O)N(CCN=C(N)NC(=O)Nc3ccccc3)C(=O)C12.C=CC1OC(C=C)C2C(=O)N(CCN=C(NC(=O)OC(C)(C)C)NC(=O)OC(C)(C)C)C(=O)C12.C=CC1OC(C=C)C2C(=O)N(CC[NH+]=C(N)N)C(=O)C12.C=COCC.CC(C)(C)OC(=O)NC(=NCCN1C(=O)C2C3C=CC(O3)C2C1=O)NC(=O)OC(C)(C)C.N#COc1ccccc1.[2H]CF. The number of anilines is 1. The fourth-order valence-corrected chi connectivity index (χ4v) is 14.3. The maximum atomic E-state index is 12.9. The Labute approximate surface area is 761 Å². The molecule has 8 fully saturated rings. The number of carbonyl (C=O) groups excluding carboxylic acids is 13. The van der Waals surface area contributed by atoms with Gasteiger partial charge in [0.2, 0.25) is 59.2 Å². The lowest BCUT2D eigenvalue weighted by Crippen LogP contribution is -2.79. The molecule has 0 spiro atoms. The second kappa shape index (κ2) is 49.7. The molecule has 41 nitrogen and oxygen atoms in total. The highest BCUT2D eigenvalue weighted by Crippen LogP contribution is 2.46. The Kier molecular flexibility index (Phi) is 40.2. The minimum Gasteiger partial charge on any atom is -0.502 e. The van der Waals surface area contributed by atoms with E-state index in [1.54, 1.807) is 138 Å². The lowest BCUT2D eigenvalue weighted by atomic mass is 9.85. The summed E-state index contributed by atoms with van der Waals surface area (Å²) in [5, 5.41) is 22.5.